The summed E-state index contributed by atoms with van der Waals surface area (Å²) < 4.78 is 5.36. The Hall–Kier alpha value is -1.77. The number of likely N-dealkylation sites (tertiary alicyclic amines) is 1. The third-order valence-corrected chi connectivity index (χ3v) is 8.34. The number of aliphatic hydroxyl groups excluding tert-OH is 2. The second-order valence-corrected chi connectivity index (χ2v) is 10.7. The molecule has 0 spiro atoms. The Bertz CT molecular complexity index is 1050. The minimum Gasteiger partial charge on any atom is -0.497 e. The molecule has 0 unspecified atom stereocenters. The van der Waals surface area contributed by atoms with Crippen LogP contribution < -0.4 is 4.74 Å². The van der Waals surface area contributed by atoms with Crippen molar-refractivity contribution in [2.45, 2.75) is 51.0 Å². The second-order valence-electron chi connectivity index (χ2n) is 9.34. The van der Waals surface area contributed by atoms with Crippen molar-refractivity contribution in [2.24, 2.45) is 5.41 Å². The Morgan fingerprint density at radius 2 is 2.06 bits per heavy atom. The molecule has 2 aromatic heterocycles. The standard InChI is InChI=1S/C26H34ClN3O3S/c1-33-19-5-6-22-20(16-19)25(21(27)17-29-22)23(32)7-8-26(18-31)9-13-30(14-10-26)12-3-2-4-24-28-11-15-34-24/h5-6,11,15-17,23,31-32H,2-4,7-10,12-14,18H2,1H3/t23-/m0/s1. The molecule has 1 fully saturated rings. The molecule has 6 nitrogen and oxygen atoms in total. The quantitative estimate of drug-likeness (QED) is 0.347. The number of aromatic nitrogens is 2. The van der Waals surface area contributed by atoms with Crippen molar-refractivity contribution in [3.05, 3.63) is 51.6 Å². The lowest BCUT2D eigenvalue weighted by Gasteiger charge is -2.41. The zero-order valence-electron chi connectivity index (χ0n) is 19.8. The number of nitrogens with zero attached hydrogens (tertiary/aromatic N) is 3. The van der Waals surface area contributed by atoms with Crippen molar-refractivity contribution in [3.8, 4) is 5.75 Å². The lowest BCUT2D eigenvalue weighted by Crippen LogP contribution is -2.42. The summed E-state index contributed by atoms with van der Waals surface area (Å²) in [6.07, 6.45) is 9.33. The fourth-order valence-corrected chi connectivity index (χ4v) is 5.89. The molecular formula is C26H34ClN3O3S. The van der Waals surface area contributed by atoms with Crippen molar-refractivity contribution in [1.29, 1.82) is 0 Å². The van der Waals surface area contributed by atoms with Gasteiger partial charge in [-0.1, -0.05) is 11.6 Å². The highest BCUT2D eigenvalue weighted by Gasteiger charge is 2.34. The van der Waals surface area contributed by atoms with Crippen LogP contribution in [0.4, 0.5) is 0 Å². The third-order valence-electron chi connectivity index (χ3n) is 7.20. The molecule has 34 heavy (non-hydrogen) atoms. The fourth-order valence-electron chi connectivity index (χ4n) is 4.95. The molecule has 8 heteroatoms. The molecule has 1 aliphatic heterocycles. The summed E-state index contributed by atoms with van der Waals surface area (Å²) in [6.45, 7) is 3.22. The largest absolute Gasteiger partial charge is 0.497 e. The van der Waals surface area contributed by atoms with Gasteiger partial charge in [0.2, 0.25) is 0 Å². The lowest BCUT2D eigenvalue weighted by molar-refractivity contribution is 0.0233. The summed E-state index contributed by atoms with van der Waals surface area (Å²) in [4.78, 5) is 11.2. The molecule has 3 aromatic rings. The zero-order valence-corrected chi connectivity index (χ0v) is 21.3. The fraction of sp³-hybridized carbons (Fsp3) is 0.538. The Balaban J connectivity index is 1.31. The summed E-state index contributed by atoms with van der Waals surface area (Å²) in [5.41, 5.74) is 1.32. The SMILES string of the molecule is COc1ccc2ncc(Cl)c([C@@H](O)CCC3(CO)CCN(CCCCc4nccs4)CC3)c2c1. The average Bonchev–Trinajstić information content (AvgIpc) is 3.39. The molecule has 0 saturated carbocycles. The van der Waals surface area contributed by atoms with Gasteiger partial charge >= 0.3 is 0 Å². The molecule has 0 bridgehead atoms. The molecule has 1 saturated heterocycles. The highest BCUT2D eigenvalue weighted by molar-refractivity contribution is 7.09. The number of benzene rings is 1. The number of pyridine rings is 1. The topological polar surface area (TPSA) is 78.7 Å². The van der Waals surface area contributed by atoms with E-state index in [0.29, 0.717) is 22.8 Å². The van der Waals surface area contributed by atoms with Crippen LogP contribution in [0, 0.1) is 5.41 Å². The van der Waals surface area contributed by atoms with E-state index in [2.05, 4.69) is 14.9 Å². The van der Waals surface area contributed by atoms with Gasteiger partial charge in [-0.3, -0.25) is 4.98 Å². The predicted octanol–water partition coefficient (Wildman–Crippen LogP) is 5.26. The zero-order chi connectivity index (χ0) is 24.0. The van der Waals surface area contributed by atoms with Gasteiger partial charge in [0.05, 0.1) is 28.8 Å². The summed E-state index contributed by atoms with van der Waals surface area (Å²) in [5, 5.41) is 25.9. The van der Waals surface area contributed by atoms with Gasteiger partial charge in [-0.05, 0) is 88.2 Å². The van der Waals surface area contributed by atoms with Crippen LogP contribution in [0.25, 0.3) is 10.9 Å². The Labute approximate surface area is 210 Å². The highest BCUT2D eigenvalue weighted by Crippen LogP contribution is 2.40. The number of piperidine rings is 1. The molecule has 1 aromatic carbocycles. The molecule has 0 amide bonds. The maximum atomic E-state index is 11.1. The van der Waals surface area contributed by atoms with Gasteiger partial charge < -0.3 is 19.8 Å². The van der Waals surface area contributed by atoms with E-state index in [0.717, 1.165) is 62.6 Å². The van der Waals surface area contributed by atoms with Crippen LogP contribution in [0.5, 0.6) is 5.75 Å². The highest BCUT2D eigenvalue weighted by atomic mass is 35.5. The second kappa shape index (κ2) is 11.8. The molecule has 4 rings (SSSR count). The van der Waals surface area contributed by atoms with Crippen LogP contribution >= 0.6 is 22.9 Å². The number of unbranched alkanes of at least 4 members (excludes halogenated alkanes) is 1. The Morgan fingerprint density at radius 3 is 2.76 bits per heavy atom. The van der Waals surface area contributed by atoms with Gasteiger partial charge in [-0.2, -0.15) is 0 Å². The van der Waals surface area contributed by atoms with E-state index in [1.165, 1.54) is 11.4 Å². The van der Waals surface area contributed by atoms with E-state index in [-0.39, 0.29) is 12.0 Å². The van der Waals surface area contributed by atoms with E-state index in [1.807, 2.05) is 29.8 Å². The van der Waals surface area contributed by atoms with Gasteiger partial charge in [-0.25, -0.2) is 4.98 Å². The van der Waals surface area contributed by atoms with Crippen LogP contribution in [0.1, 0.15) is 55.2 Å². The normalized spacial score (nSPS) is 17.2. The van der Waals surface area contributed by atoms with Crippen molar-refractivity contribution >= 4 is 33.8 Å². The van der Waals surface area contributed by atoms with E-state index < -0.39 is 6.10 Å². The maximum Gasteiger partial charge on any atom is 0.119 e. The van der Waals surface area contributed by atoms with Crippen LogP contribution in [0.15, 0.2) is 36.0 Å². The number of aryl methyl sites for hydroxylation is 1. The number of ether oxygens (including phenoxy) is 1. The number of aliphatic hydroxyl groups is 2. The minimum absolute atomic E-state index is 0.147. The summed E-state index contributed by atoms with van der Waals surface area (Å²) in [7, 11) is 1.62. The lowest BCUT2D eigenvalue weighted by atomic mass is 9.74. The number of hydrogen-bond donors (Lipinski definition) is 2. The van der Waals surface area contributed by atoms with Crippen molar-refractivity contribution in [1.82, 2.24) is 14.9 Å². The number of methoxy groups -OCH3 is 1. The van der Waals surface area contributed by atoms with Gasteiger partial charge in [-0.15, -0.1) is 11.3 Å². The summed E-state index contributed by atoms with van der Waals surface area (Å²) in [5.74, 6) is 0.705. The Morgan fingerprint density at radius 1 is 1.24 bits per heavy atom. The smallest absolute Gasteiger partial charge is 0.119 e. The summed E-state index contributed by atoms with van der Waals surface area (Å²) >= 11 is 8.20. The number of fused-ring (bicyclic) bond motifs is 1. The molecule has 0 aliphatic carbocycles. The summed E-state index contributed by atoms with van der Waals surface area (Å²) in [6, 6.07) is 5.61. The predicted molar refractivity (Wildman–Crippen MR) is 138 cm³/mol. The number of thiazole rings is 1. The average molecular weight is 504 g/mol. The molecule has 2 N–H and O–H groups in total. The van der Waals surface area contributed by atoms with E-state index >= 15 is 0 Å². The van der Waals surface area contributed by atoms with Crippen LogP contribution in [-0.4, -0.2) is 58.4 Å². The number of rotatable bonds is 11. The molecule has 1 aliphatic rings. The maximum absolute atomic E-state index is 11.1. The van der Waals surface area contributed by atoms with Gasteiger partial charge in [0.25, 0.3) is 0 Å². The van der Waals surface area contributed by atoms with Gasteiger partial charge in [0, 0.05) is 35.3 Å². The van der Waals surface area contributed by atoms with Gasteiger partial charge in [0.1, 0.15) is 5.75 Å². The first-order valence-corrected chi connectivity index (χ1v) is 13.3. The first-order valence-electron chi connectivity index (χ1n) is 12.1. The van der Waals surface area contributed by atoms with Gasteiger partial charge in [0.15, 0.2) is 0 Å². The van der Waals surface area contributed by atoms with Crippen LogP contribution in [0.2, 0.25) is 5.02 Å². The van der Waals surface area contributed by atoms with E-state index in [1.54, 1.807) is 24.6 Å². The number of hydrogen-bond acceptors (Lipinski definition) is 7. The van der Waals surface area contributed by atoms with E-state index in [9.17, 15) is 10.2 Å². The minimum atomic E-state index is -0.725. The number of halogens is 1. The monoisotopic (exact) mass is 503 g/mol. The van der Waals surface area contributed by atoms with Crippen molar-refractivity contribution in [3.63, 3.8) is 0 Å². The molecule has 184 valence electrons. The third kappa shape index (κ3) is 6.07. The molecule has 1 atom stereocenters. The Kier molecular flexibility index (Phi) is 8.77. The van der Waals surface area contributed by atoms with Crippen LogP contribution in [-0.2, 0) is 6.42 Å². The molecule has 0 radical (unpaired) electrons. The first-order chi connectivity index (χ1) is 16.5. The molecular weight excluding hydrogens is 470 g/mol. The molecule has 3 heterocycles. The first kappa shape index (κ1) is 25.3. The van der Waals surface area contributed by atoms with Crippen molar-refractivity contribution in [2.75, 3.05) is 33.4 Å². The van der Waals surface area contributed by atoms with Crippen molar-refractivity contribution < 1.29 is 14.9 Å². The van der Waals surface area contributed by atoms with E-state index in [4.69, 9.17) is 16.3 Å². The van der Waals surface area contributed by atoms with Crippen LogP contribution in [0.3, 0.4) is 0 Å².